The Morgan fingerprint density at radius 3 is 3.04 bits per heavy atom. The van der Waals surface area contributed by atoms with Gasteiger partial charge in [-0.05, 0) is 31.5 Å². The minimum atomic E-state index is -0.122. The van der Waals surface area contributed by atoms with Gasteiger partial charge in [0.1, 0.15) is 6.10 Å². The van der Waals surface area contributed by atoms with Crippen molar-refractivity contribution >= 4 is 0 Å². The lowest BCUT2D eigenvalue weighted by Gasteiger charge is -2.33. The first-order valence-electron chi connectivity index (χ1n) is 8.27. The quantitative estimate of drug-likeness (QED) is 0.832. The minimum absolute atomic E-state index is 0.122. The van der Waals surface area contributed by atoms with E-state index in [4.69, 9.17) is 18.7 Å². The summed E-state index contributed by atoms with van der Waals surface area (Å²) in [5.74, 6) is 2.35. The molecule has 4 rings (SSSR count). The van der Waals surface area contributed by atoms with Crippen LogP contribution in [0, 0.1) is 0 Å². The molecule has 0 N–H and O–H groups in total. The van der Waals surface area contributed by atoms with Crippen LogP contribution in [0.5, 0.6) is 11.5 Å². The van der Waals surface area contributed by atoms with Crippen molar-refractivity contribution in [3.63, 3.8) is 0 Å². The van der Waals surface area contributed by atoms with Crippen molar-refractivity contribution in [3.8, 4) is 11.5 Å². The van der Waals surface area contributed by atoms with Crippen molar-refractivity contribution in [2.45, 2.75) is 31.6 Å². The van der Waals surface area contributed by atoms with Gasteiger partial charge in [0, 0.05) is 12.6 Å². The van der Waals surface area contributed by atoms with Crippen LogP contribution in [-0.2, 0) is 11.3 Å². The van der Waals surface area contributed by atoms with Gasteiger partial charge in [-0.3, -0.25) is 4.90 Å². The molecule has 1 aromatic heterocycles. The van der Waals surface area contributed by atoms with Crippen molar-refractivity contribution in [2.24, 2.45) is 0 Å². The molecule has 0 saturated carbocycles. The van der Waals surface area contributed by atoms with Gasteiger partial charge >= 0.3 is 0 Å². The van der Waals surface area contributed by atoms with E-state index < -0.39 is 0 Å². The lowest BCUT2D eigenvalue weighted by atomic mass is 10.2. The van der Waals surface area contributed by atoms with E-state index in [0.717, 1.165) is 19.7 Å². The summed E-state index contributed by atoms with van der Waals surface area (Å²) >= 11 is 0. The average Bonchev–Trinajstić information content (AvgIpc) is 3.28. The number of methoxy groups -OCH3 is 1. The zero-order valence-corrected chi connectivity index (χ0v) is 13.7. The Labute approximate surface area is 140 Å². The normalized spacial score (nSPS) is 23.9. The molecule has 1 aromatic carbocycles. The second-order valence-corrected chi connectivity index (χ2v) is 6.10. The lowest BCUT2D eigenvalue weighted by Crippen LogP contribution is -2.42. The largest absolute Gasteiger partial charge is 0.493 e. The maximum atomic E-state index is 5.90. The van der Waals surface area contributed by atoms with Crippen molar-refractivity contribution in [2.75, 3.05) is 26.8 Å². The van der Waals surface area contributed by atoms with Crippen molar-refractivity contribution < 1.29 is 18.7 Å². The van der Waals surface area contributed by atoms with Crippen LogP contribution < -0.4 is 9.47 Å². The Morgan fingerprint density at radius 1 is 1.29 bits per heavy atom. The first-order valence-corrected chi connectivity index (χ1v) is 8.27. The summed E-state index contributed by atoms with van der Waals surface area (Å²) in [5.41, 5.74) is 0. The summed E-state index contributed by atoms with van der Waals surface area (Å²) in [6.45, 7) is 2.90. The van der Waals surface area contributed by atoms with Gasteiger partial charge in [0.15, 0.2) is 18.1 Å². The molecule has 0 bridgehead atoms. The summed E-state index contributed by atoms with van der Waals surface area (Å²) in [6, 6.07) is 8.02. The van der Waals surface area contributed by atoms with Gasteiger partial charge in [-0.1, -0.05) is 17.3 Å². The standard InChI is InChI=1S/C17H21N3O4/c1-21-13-6-2-3-7-14(13)23-11-16-18-17(19-24-16)15-9-20-8-4-5-12(20)10-22-15/h2-3,6-7,12,15H,4-5,8-11H2,1H3/t12-,15+/m0/s1. The van der Waals surface area contributed by atoms with Gasteiger partial charge in [0.25, 0.3) is 5.89 Å². The molecule has 24 heavy (non-hydrogen) atoms. The molecule has 2 atom stereocenters. The number of aromatic nitrogens is 2. The fraction of sp³-hybridized carbons (Fsp3) is 0.529. The highest BCUT2D eigenvalue weighted by Gasteiger charge is 2.34. The maximum Gasteiger partial charge on any atom is 0.264 e. The number of ether oxygens (including phenoxy) is 3. The molecular weight excluding hydrogens is 310 g/mol. The van der Waals surface area contributed by atoms with Crippen LogP contribution >= 0.6 is 0 Å². The van der Waals surface area contributed by atoms with Gasteiger partial charge in [-0.25, -0.2) is 0 Å². The van der Waals surface area contributed by atoms with Gasteiger partial charge < -0.3 is 18.7 Å². The molecule has 7 heteroatoms. The van der Waals surface area contributed by atoms with E-state index in [2.05, 4.69) is 15.0 Å². The third kappa shape index (κ3) is 3.09. The van der Waals surface area contributed by atoms with Crippen molar-refractivity contribution in [3.05, 3.63) is 36.0 Å². The topological polar surface area (TPSA) is 69.9 Å². The van der Waals surface area contributed by atoms with Crippen molar-refractivity contribution in [1.82, 2.24) is 15.0 Å². The zero-order chi connectivity index (χ0) is 16.4. The third-order valence-corrected chi connectivity index (χ3v) is 4.58. The highest BCUT2D eigenvalue weighted by atomic mass is 16.5. The van der Waals surface area contributed by atoms with E-state index in [-0.39, 0.29) is 12.7 Å². The fourth-order valence-electron chi connectivity index (χ4n) is 3.31. The molecular formula is C17H21N3O4. The first-order chi connectivity index (χ1) is 11.8. The lowest BCUT2D eigenvalue weighted by molar-refractivity contribution is -0.0548. The maximum absolute atomic E-state index is 5.90. The number of fused-ring (bicyclic) bond motifs is 1. The predicted octanol–water partition coefficient (Wildman–Crippen LogP) is 2.19. The van der Waals surface area contributed by atoms with Crippen LogP contribution in [0.15, 0.2) is 28.8 Å². The Kier molecular flexibility index (Phi) is 4.36. The average molecular weight is 331 g/mol. The van der Waals surface area contributed by atoms with Crippen LogP contribution in [0.2, 0.25) is 0 Å². The molecule has 0 unspecified atom stereocenters. The Bertz CT molecular complexity index is 690. The van der Waals surface area contributed by atoms with E-state index in [9.17, 15) is 0 Å². The molecule has 2 fully saturated rings. The van der Waals surface area contributed by atoms with Gasteiger partial charge in [0.05, 0.1) is 13.7 Å². The molecule has 7 nitrogen and oxygen atoms in total. The third-order valence-electron chi connectivity index (χ3n) is 4.58. The summed E-state index contributed by atoms with van der Waals surface area (Å²) in [4.78, 5) is 6.88. The van der Waals surface area contributed by atoms with E-state index >= 15 is 0 Å². The van der Waals surface area contributed by atoms with E-state index in [1.807, 2.05) is 24.3 Å². The number of benzene rings is 1. The van der Waals surface area contributed by atoms with Gasteiger partial charge in [0.2, 0.25) is 5.82 Å². The number of para-hydroxylation sites is 2. The summed E-state index contributed by atoms with van der Waals surface area (Å²) in [7, 11) is 1.61. The number of hydrogen-bond donors (Lipinski definition) is 0. The number of hydrogen-bond acceptors (Lipinski definition) is 7. The van der Waals surface area contributed by atoms with Crippen LogP contribution in [-0.4, -0.2) is 47.9 Å². The van der Waals surface area contributed by atoms with E-state index in [0.29, 0.717) is 29.3 Å². The fourth-order valence-corrected chi connectivity index (χ4v) is 3.31. The molecule has 3 heterocycles. The van der Waals surface area contributed by atoms with Gasteiger partial charge in [-0.15, -0.1) is 0 Å². The predicted molar refractivity (Wildman–Crippen MR) is 84.9 cm³/mol. The molecule has 0 radical (unpaired) electrons. The van der Waals surface area contributed by atoms with Crippen LogP contribution in [0.1, 0.15) is 30.7 Å². The Morgan fingerprint density at radius 2 is 2.17 bits per heavy atom. The molecule has 2 aliphatic heterocycles. The molecule has 0 spiro atoms. The molecule has 0 aliphatic carbocycles. The monoisotopic (exact) mass is 331 g/mol. The number of rotatable bonds is 5. The highest BCUT2D eigenvalue weighted by Crippen LogP contribution is 2.29. The Hall–Kier alpha value is -2.12. The van der Waals surface area contributed by atoms with Crippen LogP contribution in [0.4, 0.5) is 0 Å². The van der Waals surface area contributed by atoms with Crippen LogP contribution in [0.3, 0.4) is 0 Å². The second-order valence-electron chi connectivity index (χ2n) is 6.10. The first kappa shape index (κ1) is 15.4. The SMILES string of the molecule is COc1ccccc1OCc1nc([C@H]2CN3CCC[C@H]3CO2)no1. The summed E-state index contributed by atoms with van der Waals surface area (Å²) in [5, 5.41) is 4.06. The van der Waals surface area contributed by atoms with Crippen molar-refractivity contribution in [1.29, 1.82) is 0 Å². The number of nitrogens with zero attached hydrogens (tertiary/aromatic N) is 3. The molecule has 0 amide bonds. The highest BCUT2D eigenvalue weighted by molar-refractivity contribution is 5.39. The smallest absolute Gasteiger partial charge is 0.264 e. The summed E-state index contributed by atoms with van der Waals surface area (Å²) < 4.78 is 22.2. The van der Waals surface area contributed by atoms with Gasteiger partial charge in [-0.2, -0.15) is 4.98 Å². The molecule has 2 aromatic rings. The minimum Gasteiger partial charge on any atom is -0.493 e. The molecule has 128 valence electrons. The van der Waals surface area contributed by atoms with Crippen LogP contribution in [0.25, 0.3) is 0 Å². The second kappa shape index (κ2) is 6.78. The van der Waals surface area contributed by atoms with E-state index in [1.165, 1.54) is 12.8 Å². The van der Waals surface area contributed by atoms with E-state index in [1.54, 1.807) is 7.11 Å². The zero-order valence-electron chi connectivity index (χ0n) is 13.7. The number of morpholine rings is 1. The molecule has 2 saturated heterocycles. The summed E-state index contributed by atoms with van der Waals surface area (Å²) in [6.07, 6.45) is 2.34. The molecule has 2 aliphatic rings. The Balaban J connectivity index is 1.38.